The number of rotatable bonds is 5. The van der Waals surface area contributed by atoms with Crippen LogP contribution in [0, 0.1) is 0 Å². The van der Waals surface area contributed by atoms with Crippen LogP contribution in [0.3, 0.4) is 0 Å². The number of hydrogen-bond acceptors (Lipinski definition) is 1. The number of nitrogens with zero attached hydrogens (tertiary/aromatic N) is 1. The van der Waals surface area contributed by atoms with Crippen LogP contribution in [-0.2, 0) is 18.2 Å². The topological polar surface area (TPSA) is 3.24 Å². The van der Waals surface area contributed by atoms with Gasteiger partial charge in [-0.25, -0.2) is 0 Å². The van der Waals surface area contributed by atoms with Gasteiger partial charge in [-0.2, -0.15) is 0 Å². The van der Waals surface area contributed by atoms with Gasteiger partial charge in [0.2, 0.25) is 0 Å². The molecule has 4 aromatic rings. The van der Waals surface area contributed by atoms with E-state index in [-0.39, 0.29) is 11.0 Å². The van der Waals surface area contributed by atoms with Gasteiger partial charge >= 0.3 is 0 Å². The molecule has 1 nitrogen and oxygen atoms in total. The fourth-order valence-electron chi connectivity index (χ4n) is 6.07. The summed E-state index contributed by atoms with van der Waals surface area (Å²) in [5.74, 6) is 0. The maximum atomic E-state index is 9.02. The first-order chi connectivity index (χ1) is 17.9. The van der Waals surface area contributed by atoms with Gasteiger partial charge in [-0.3, -0.25) is 0 Å². The van der Waals surface area contributed by atoms with E-state index in [9.17, 15) is 0 Å². The van der Waals surface area contributed by atoms with Gasteiger partial charge < -0.3 is 4.90 Å². The van der Waals surface area contributed by atoms with E-state index in [1.54, 1.807) is 0 Å². The van der Waals surface area contributed by atoms with Crippen molar-refractivity contribution in [1.82, 2.24) is 0 Å². The third-order valence-electron chi connectivity index (χ3n) is 7.63. The highest BCUT2D eigenvalue weighted by Crippen LogP contribution is 2.55. The molecule has 0 aromatic heterocycles. The van der Waals surface area contributed by atoms with E-state index in [0.717, 1.165) is 33.6 Å². The van der Waals surface area contributed by atoms with E-state index in [1.807, 2.05) is 19.9 Å². The van der Waals surface area contributed by atoms with Gasteiger partial charge in [0.15, 0.2) is 0 Å². The molecule has 0 amide bonds. The van der Waals surface area contributed by atoms with Crippen molar-refractivity contribution < 1.29 is 2.74 Å². The maximum absolute atomic E-state index is 9.02. The van der Waals surface area contributed by atoms with Crippen molar-refractivity contribution in [1.29, 1.82) is 0 Å². The summed E-state index contributed by atoms with van der Waals surface area (Å²) in [7, 11) is 0. The summed E-state index contributed by atoms with van der Waals surface area (Å²) in [6.45, 7) is 15.3. The zero-order valence-electron chi connectivity index (χ0n) is 24.7. The molecule has 2 unspecified atom stereocenters. The number of fused-ring (bicyclic) bond motifs is 3. The predicted molar refractivity (Wildman–Crippen MR) is 157 cm³/mol. The Hall–Kier alpha value is -3.32. The molecule has 0 N–H and O–H groups in total. The van der Waals surface area contributed by atoms with E-state index in [1.165, 1.54) is 22.3 Å². The van der Waals surface area contributed by atoms with Crippen LogP contribution < -0.4 is 4.90 Å². The van der Waals surface area contributed by atoms with Gasteiger partial charge in [0, 0.05) is 25.1 Å². The molecule has 184 valence electrons. The van der Waals surface area contributed by atoms with Crippen molar-refractivity contribution in [3.05, 3.63) is 107 Å². The minimum absolute atomic E-state index is 0.223. The Balaban J connectivity index is 1.89. The van der Waals surface area contributed by atoms with Gasteiger partial charge in [-0.1, -0.05) is 107 Å². The first kappa shape index (κ1) is 21.9. The molecule has 0 saturated carbocycles. The second-order valence-corrected chi connectivity index (χ2v) is 11.3. The SMILES string of the molecule is [2H]C(C)c1ccc2c(c1N(c1cccc(-c3ccccc3)c1C([2H])C)C(C)(C)C)C(C)(C)c1ccccc1-2. The molecule has 0 radical (unpaired) electrons. The molecule has 0 bridgehead atoms. The fourth-order valence-corrected chi connectivity index (χ4v) is 6.07. The van der Waals surface area contributed by atoms with E-state index < -0.39 is 12.8 Å². The molecule has 1 aliphatic carbocycles. The fraction of sp³-hybridized carbons (Fsp3) is 0.314. The molecular weight excluding hydrogens is 434 g/mol. The molecule has 5 rings (SSSR count). The van der Waals surface area contributed by atoms with Crippen LogP contribution in [0.1, 0.15) is 73.5 Å². The second kappa shape index (κ2) is 8.96. The number of anilines is 2. The zero-order chi connectivity index (χ0) is 27.4. The van der Waals surface area contributed by atoms with Gasteiger partial charge in [-0.15, -0.1) is 0 Å². The molecule has 0 saturated heterocycles. The minimum Gasteiger partial charge on any atom is -0.335 e. The van der Waals surface area contributed by atoms with Gasteiger partial charge in [-0.05, 0) is 84.1 Å². The molecule has 0 spiro atoms. The first-order valence-electron chi connectivity index (χ1n) is 14.2. The highest BCUT2D eigenvalue weighted by atomic mass is 15.2. The number of aryl methyl sites for hydroxylation is 1. The Kier molecular flexibility index (Phi) is 5.46. The van der Waals surface area contributed by atoms with Crippen molar-refractivity contribution >= 4 is 11.4 Å². The van der Waals surface area contributed by atoms with E-state index in [0.29, 0.717) is 0 Å². The van der Waals surface area contributed by atoms with Crippen molar-refractivity contribution in [2.75, 3.05) is 4.90 Å². The van der Waals surface area contributed by atoms with E-state index >= 15 is 0 Å². The lowest BCUT2D eigenvalue weighted by Gasteiger charge is -2.43. The Labute approximate surface area is 220 Å². The summed E-state index contributed by atoms with van der Waals surface area (Å²) >= 11 is 0. The van der Waals surface area contributed by atoms with E-state index in [2.05, 4.69) is 118 Å². The summed E-state index contributed by atoms with van der Waals surface area (Å²) in [5, 5.41) is 0. The van der Waals surface area contributed by atoms with Crippen molar-refractivity contribution in [2.45, 2.75) is 72.2 Å². The maximum Gasteiger partial charge on any atom is 0.0496 e. The quantitative estimate of drug-likeness (QED) is 0.278. The Morgan fingerprint density at radius 1 is 0.722 bits per heavy atom. The van der Waals surface area contributed by atoms with Crippen LogP contribution in [0.15, 0.2) is 84.9 Å². The second-order valence-electron chi connectivity index (χ2n) is 11.3. The van der Waals surface area contributed by atoms with Crippen LogP contribution >= 0.6 is 0 Å². The minimum atomic E-state index is -0.426. The van der Waals surface area contributed by atoms with Crippen LogP contribution in [0.25, 0.3) is 22.3 Å². The van der Waals surface area contributed by atoms with Crippen molar-refractivity contribution in [3.8, 4) is 22.3 Å². The van der Waals surface area contributed by atoms with Crippen molar-refractivity contribution in [2.24, 2.45) is 0 Å². The van der Waals surface area contributed by atoms with Crippen LogP contribution in [0.5, 0.6) is 0 Å². The average Bonchev–Trinajstić information content (AvgIpc) is 3.10. The summed E-state index contributed by atoms with van der Waals surface area (Å²) in [6.07, 6.45) is -0.820. The Bertz CT molecular complexity index is 1480. The molecule has 0 heterocycles. The molecule has 4 aromatic carbocycles. The summed E-state index contributed by atoms with van der Waals surface area (Å²) < 4.78 is 17.9. The monoisotopic (exact) mass is 475 g/mol. The Morgan fingerprint density at radius 3 is 2.06 bits per heavy atom. The highest BCUT2D eigenvalue weighted by molar-refractivity contribution is 5.90. The predicted octanol–water partition coefficient (Wildman–Crippen LogP) is 9.72. The summed E-state index contributed by atoms with van der Waals surface area (Å²) in [4.78, 5) is 2.44. The van der Waals surface area contributed by atoms with Gasteiger partial charge in [0.05, 0.1) is 0 Å². The van der Waals surface area contributed by atoms with Crippen LogP contribution in [-0.4, -0.2) is 5.54 Å². The average molecular weight is 476 g/mol. The lowest BCUT2D eigenvalue weighted by molar-refractivity contribution is 0.550. The number of benzene rings is 4. The molecule has 0 aliphatic heterocycles. The molecule has 1 aliphatic rings. The lowest BCUT2D eigenvalue weighted by atomic mass is 9.79. The third kappa shape index (κ3) is 3.77. The van der Waals surface area contributed by atoms with E-state index in [4.69, 9.17) is 2.74 Å². The Morgan fingerprint density at radius 2 is 1.39 bits per heavy atom. The lowest BCUT2D eigenvalue weighted by Crippen LogP contribution is -2.40. The standard InChI is InChI=1S/C35H39N/c1-8-24-22-23-29-28-18-13-14-20-30(28)35(6,7)32(29)33(24)36(34(3,4)5)31-21-15-19-27(26(31)9-2)25-16-11-10-12-17-25/h10-23H,8-9H2,1-7H3/i8D,9D. The molecular formula is C35H39N. The van der Waals surface area contributed by atoms with Crippen LogP contribution in [0.4, 0.5) is 11.4 Å². The largest absolute Gasteiger partial charge is 0.335 e. The molecule has 1 heteroatoms. The normalized spacial score (nSPS) is 16.4. The highest BCUT2D eigenvalue weighted by Gasteiger charge is 2.41. The first-order valence-corrected chi connectivity index (χ1v) is 13.0. The molecule has 2 atom stereocenters. The smallest absolute Gasteiger partial charge is 0.0496 e. The third-order valence-corrected chi connectivity index (χ3v) is 7.63. The summed E-state index contributed by atoms with van der Waals surface area (Å²) in [5.41, 5.74) is 11.0. The molecule has 36 heavy (non-hydrogen) atoms. The van der Waals surface area contributed by atoms with Crippen LogP contribution in [0.2, 0.25) is 0 Å². The molecule has 0 fully saturated rings. The summed E-state index contributed by atoms with van der Waals surface area (Å²) in [6, 6.07) is 30.0. The number of hydrogen-bond donors (Lipinski definition) is 0. The van der Waals surface area contributed by atoms with Gasteiger partial charge in [0.1, 0.15) is 0 Å². The van der Waals surface area contributed by atoms with Crippen molar-refractivity contribution in [3.63, 3.8) is 0 Å². The van der Waals surface area contributed by atoms with Gasteiger partial charge in [0.25, 0.3) is 0 Å². The zero-order valence-corrected chi connectivity index (χ0v) is 22.7.